The zero-order valence-electron chi connectivity index (χ0n) is 47.7. The number of fused-ring (bicyclic) bond motifs is 14. The first-order valence-corrected chi connectivity index (χ1v) is 29.0. The van der Waals surface area contributed by atoms with Crippen molar-refractivity contribution in [1.29, 1.82) is 0 Å². The molecule has 5 bridgehead atoms. The number of benzene rings is 1. The minimum Gasteiger partial charge on any atom is -0.507 e. The Morgan fingerprint density at radius 3 is 2.35 bits per heavy atom. The molecule has 80 heavy (non-hydrogen) atoms. The molecule has 8 aliphatic rings. The monoisotopic (exact) mass is 1130 g/mol. The second-order valence-corrected chi connectivity index (χ2v) is 24.4. The van der Waals surface area contributed by atoms with Crippen LogP contribution in [-0.4, -0.2) is 154 Å². The van der Waals surface area contributed by atoms with Gasteiger partial charge in [-0.3, -0.25) is 33.8 Å². The second kappa shape index (κ2) is 24.5. The van der Waals surface area contributed by atoms with Crippen LogP contribution in [0.4, 0.5) is 4.79 Å². The van der Waals surface area contributed by atoms with Gasteiger partial charge in [-0.1, -0.05) is 66.2 Å². The molecule has 21 nitrogen and oxygen atoms in total. The van der Waals surface area contributed by atoms with Gasteiger partial charge in [0.1, 0.15) is 41.6 Å². The molecule has 3 unspecified atom stereocenters. The molecule has 9 rings (SSSR count). The van der Waals surface area contributed by atoms with Crippen LogP contribution in [0.5, 0.6) is 11.5 Å². The van der Waals surface area contributed by atoms with Crippen LogP contribution < -0.4 is 31.3 Å². The number of aliphatic hydroxyl groups excluding tert-OH is 1. The van der Waals surface area contributed by atoms with E-state index in [1.807, 2.05) is 0 Å². The normalized spacial score (nSPS) is 32.7. The molecule has 7 aliphatic heterocycles. The molecule has 7 heterocycles. The number of esters is 2. The van der Waals surface area contributed by atoms with Crippen molar-refractivity contribution in [3.05, 3.63) is 69.8 Å². The predicted octanol–water partition coefficient (Wildman–Crippen LogP) is 5.01. The number of piperidine rings is 1. The van der Waals surface area contributed by atoms with E-state index in [-0.39, 0.29) is 86.4 Å². The van der Waals surface area contributed by atoms with E-state index in [0.717, 1.165) is 25.1 Å². The van der Waals surface area contributed by atoms with Crippen LogP contribution in [0.25, 0.3) is 0 Å². The van der Waals surface area contributed by atoms with Crippen LogP contribution in [0.1, 0.15) is 133 Å². The van der Waals surface area contributed by atoms with E-state index in [0.29, 0.717) is 38.3 Å². The summed E-state index contributed by atoms with van der Waals surface area (Å²) in [6.07, 6.45) is 6.81. The Morgan fingerprint density at radius 1 is 0.950 bits per heavy atom. The lowest BCUT2D eigenvalue weighted by atomic mass is 9.78. The number of carbonyl (C=O) groups excluding carboxylic acids is 7. The summed E-state index contributed by atoms with van der Waals surface area (Å²) in [4.78, 5) is 103. The molecule has 0 radical (unpaired) electrons. The number of rotatable bonds is 12. The van der Waals surface area contributed by atoms with E-state index in [2.05, 4.69) is 45.3 Å². The van der Waals surface area contributed by atoms with Gasteiger partial charge in [0, 0.05) is 111 Å². The van der Waals surface area contributed by atoms with Crippen molar-refractivity contribution in [3.63, 3.8) is 0 Å². The van der Waals surface area contributed by atoms with Gasteiger partial charge in [-0.2, -0.15) is 11.8 Å². The number of allylic oxidation sites excluding steroid dienone is 4. The number of thioether (sulfide) groups is 1. The topological polar surface area (TPSA) is 282 Å². The first-order valence-electron chi connectivity index (χ1n) is 27.9. The maximum atomic E-state index is 15.0. The number of phenols is 1. The minimum atomic E-state index is -2.03. The number of amides is 4. The molecule has 1 aromatic carbocycles. The molecule has 22 heteroatoms. The summed E-state index contributed by atoms with van der Waals surface area (Å²) >= 11 is 1.80. The van der Waals surface area contributed by atoms with Crippen LogP contribution in [0.15, 0.2) is 52.5 Å². The smallest absolute Gasteiger partial charge is 0.325 e. The molecule has 1 aromatic rings. The number of nitrogens with one attached hydrogen (secondary N) is 5. The first kappa shape index (κ1) is 59.9. The zero-order valence-corrected chi connectivity index (χ0v) is 48.5. The predicted molar refractivity (Wildman–Crippen MR) is 298 cm³/mol. The number of ether oxygens (including phenoxy) is 5. The van der Waals surface area contributed by atoms with Crippen molar-refractivity contribution >= 4 is 58.8 Å². The molecule has 12 atom stereocenters. The van der Waals surface area contributed by atoms with Gasteiger partial charge in [-0.05, 0) is 38.7 Å². The van der Waals surface area contributed by atoms with Crippen LogP contribution >= 0.6 is 11.8 Å². The van der Waals surface area contributed by atoms with Gasteiger partial charge in [0.15, 0.2) is 0 Å². The maximum Gasteiger partial charge on any atom is 0.325 e. The van der Waals surface area contributed by atoms with Crippen LogP contribution in [0.3, 0.4) is 0 Å². The Hall–Kier alpha value is -6.23. The molecule has 0 saturated carbocycles. The van der Waals surface area contributed by atoms with E-state index >= 15 is 0 Å². The van der Waals surface area contributed by atoms with Crippen LogP contribution in [0, 0.1) is 36.5 Å². The average Bonchev–Trinajstić information content (AvgIpc) is 4.35. The third-order valence-electron chi connectivity index (χ3n) is 16.7. The van der Waals surface area contributed by atoms with Crippen molar-refractivity contribution in [3.8, 4) is 11.5 Å². The average molecular weight is 1130 g/mol. The number of aromatic hydroxyl groups is 1. The highest BCUT2D eigenvalue weighted by Gasteiger charge is 2.55. The summed E-state index contributed by atoms with van der Waals surface area (Å²) in [7, 11) is 1.44. The molecule has 7 N–H and O–H groups in total. The van der Waals surface area contributed by atoms with Crippen molar-refractivity contribution in [2.45, 2.75) is 161 Å². The number of carbonyl (C=O) groups is 7. The van der Waals surface area contributed by atoms with E-state index in [4.69, 9.17) is 28.7 Å². The summed E-state index contributed by atoms with van der Waals surface area (Å²) in [6.45, 7) is 18.8. The van der Waals surface area contributed by atoms with Gasteiger partial charge in [0.25, 0.3) is 11.7 Å². The molecular weight excluding hydrogens is 1050 g/mol. The number of hydrogen-bond donors (Lipinski definition) is 7. The number of hydrogen-bond acceptors (Lipinski definition) is 18. The molecule has 1 spiro atoms. The molecular formula is C58H79N7O14S. The van der Waals surface area contributed by atoms with Crippen LogP contribution in [0.2, 0.25) is 0 Å². The number of aliphatic imine (C=N–C) groups is 1. The fourth-order valence-electron chi connectivity index (χ4n) is 12.2. The van der Waals surface area contributed by atoms with Gasteiger partial charge in [-0.15, -0.1) is 0 Å². The number of urea groups is 1. The van der Waals surface area contributed by atoms with Crippen LogP contribution in [-0.2, 0) is 38.1 Å². The number of ketones is 2. The SMILES string of the molecule is CO[C@H]1/C=C/O[C@@]2(C)Oc3c(C)c(O)c4c(c3C2=O)C2=NC3(CCN(CC(C)C)CC3)NC2=C(NC(=O)/C(C)=C\C=C\[C@H](C)[C@H](OC(=O)CNC(=O)CCCCC2SCC3NC(=O)NC32)[C@@H](C)[C@@H](O)[C@@H](C)[C@H](OC(C)=O)[C@@H]1C)C4=O. The first-order chi connectivity index (χ1) is 37.9. The van der Waals surface area contributed by atoms with E-state index in [1.54, 1.807) is 58.5 Å². The number of nitrogens with zero attached hydrogens (tertiary/aromatic N) is 2. The summed E-state index contributed by atoms with van der Waals surface area (Å²) < 4.78 is 30.4. The van der Waals surface area contributed by atoms with E-state index < -0.39 is 101 Å². The zero-order chi connectivity index (χ0) is 58.1. The highest BCUT2D eigenvalue weighted by molar-refractivity contribution is 8.00. The number of unbranched alkanes of at least 4 members (excludes halogenated alkanes) is 1. The summed E-state index contributed by atoms with van der Waals surface area (Å²) in [5, 5.41) is 39.4. The number of likely N-dealkylation sites (tertiary alicyclic amines) is 1. The number of phenolic OH excluding ortho intramolecular Hbond substituents is 1. The fourth-order valence-corrected chi connectivity index (χ4v) is 13.7. The summed E-state index contributed by atoms with van der Waals surface area (Å²) in [5.41, 5.74) is -0.584. The largest absolute Gasteiger partial charge is 0.507 e. The molecule has 3 fully saturated rings. The van der Waals surface area contributed by atoms with Crippen molar-refractivity contribution in [1.82, 2.24) is 31.5 Å². The molecule has 1 aliphatic carbocycles. The van der Waals surface area contributed by atoms with Gasteiger partial charge in [0.2, 0.25) is 11.7 Å². The highest BCUT2D eigenvalue weighted by Crippen LogP contribution is 2.50. The second-order valence-electron chi connectivity index (χ2n) is 23.1. The Bertz CT molecular complexity index is 2800. The molecule has 3 saturated heterocycles. The fraction of sp³-hybridized carbons (Fsp3) is 0.621. The Labute approximate surface area is 471 Å². The molecule has 4 amide bonds. The standard InChI is InChI=1S/C58H79N7O14S/c1-28(2)26-65-22-20-58(21-23-65)63-45-41-42-49(70)34(8)53-43(41)54(72)57(10,79-53)76-24-19-37(75-11)31(5)52(77-35(9)66)33(7)48(69)32(6)51(29(3)15-14-16-30(4)55(73)61-47(50(42)71)46(45)64-58)78-40(68)25-59-39(67)18-13-12-17-38-44-36(27-80-38)60-56(74)62-44/h14-16,19,24,28-29,31-33,36-38,44,48,51-52,64,69-70H,12-13,17-18,20-23,25-27H2,1-11H3,(H,59,67)(H,61,73)(H2,60,62,74)/b15-14+,24-19+,30-16-/t29-,31+,32-,33+,36?,37-,38?,44?,48+,51-,52+,57-/m0/s1. The Balaban J connectivity index is 1.10. The lowest BCUT2D eigenvalue weighted by Gasteiger charge is -2.39. The third kappa shape index (κ3) is 12.3. The van der Waals surface area contributed by atoms with Gasteiger partial charge in [-0.25, -0.2) is 4.79 Å². The molecule has 436 valence electrons. The van der Waals surface area contributed by atoms with E-state index in [1.165, 1.54) is 46.3 Å². The Kier molecular flexibility index (Phi) is 18.3. The lowest BCUT2D eigenvalue weighted by molar-refractivity contribution is -0.165. The molecule has 0 aromatic heterocycles. The quantitative estimate of drug-likeness (QED) is 0.0823. The van der Waals surface area contributed by atoms with Gasteiger partial charge >= 0.3 is 23.8 Å². The third-order valence-corrected chi connectivity index (χ3v) is 18.2. The van der Waals surface area contributed by atoms with Crippen molar-refractivity contribution in [2.75, 3.05) is 39.0 Å². The maximum absolute atomic E-state index is 15.0. The van der Waals surface area contributed by atoms with Gasteiger partial charge < -0.3 is 65.4 Å². The summed E-state index contributed by atoms with van der Waals surface area (Å²) in [5.74, 6) is -7.96. The van der Waals surface area contributed by atoms with Crippen molar-refractivity contribution in [2.24, 2.45) is 34.6 Å². The number of Topliss-reactive ketones (excluding diaryl/α,β-unsaturated/α-hetero) is 2. The minimum absolute atomic E-state index is 0.000901. The number of aliphatic hydroxyl groups is 1. The number of methoxy groups -OCH3 is 1. The lowest BCUT2D eigenvalue weighted by Crippen LogP contribution is -2.50. The summed E-state index contributed by atoms with van der Waals surface area (Å²) in [6, 6.07) is 0.0156. The van der Waals surface area contributed by atoms with Gasteiger partial charge in [0.05, 0.1) is 53.1 Å². The van der Waals surface area contributed by atoms with Crippen molar-refractivity contribution < 1.29 is 67.5 Å². The highest BCUT2D eigenvalue weighted by atomic mass is 32.2. The Morgan fingerprint density at radius 2 is 1.66 bits per heavy atom. The van der Waals surface area contributed by atoms with E-state index in [9.17, 15) is 43.8 Å².